The molecule has 0 aliphatic rings. The van der Waals surface area contributed by atoms with Gasteiger partial charge in [-0.1, -0.05) is 24.3 Å². The number of amides is 2. The number of hydrogen-bond donors (Lipinski definition) is 2. The van der Waals surface area contributed by atoms with Gasteiger partial charge < -0.3 is 10.6 Å². The van der Waals surface area contributed by atoms with E-state index in [-0.39, 0.29) is 5.69 Å². The van der Waals surface area contributed by atoms with Gasteiger partial charge in [0, 0.05) is 28.5 Å². The van der Waals surface area contributed by atoms with Gasteiger partial charge in [0.2, 0.25) is 0 Å². The number of fused-ring (bicyclic) bond motifs is 1. The van der Waals surface area contributed by atoms with Crippen LogP contribution in [-0.4, -0.2) is 20.8 Å². The van der Waals surface area contributed by atoms with Crippen LogP contribution in [0.4, 0.5) is 29.3 Å². The van der Waals surface area contributed by atoms with Gasteiger partial charge in [-0.2, -0.15) is 18.3 Å². The Bertz CT molecular complexity index is 1330. The molecule has 2 aromatic carbocycles. The fourth-order valence-corrected chi connectivity index (χ4v) is 3.59. The van der Waals surface area contributed by atoms with E-state index in [0.717, 1.165) is 39.9 Å². The van der Waals surface area contributed by atoms with Crippen LogP contribution in [0.15, 0.2) is 73.6 Å². The molecular weight excluding hydrogens is 431 g/mol. The predicted octanol–water partition coefficient (Wildman–Crippen LogP) is 6.26. The number of aromatic nitrogens is 3. The van der Waals surface area contributed by atoms with E-state index in [4.69, 9.17) is 0 Å². The van der Waals surface area contributed by atoms with Crippen LogP contribution in [0.1, 0.15) is 11.3 Å². The van der Waals surface area contributed by atoms with E-state index >= 15 is 0 Å². The molecule has 2 amide bonds. The second kappa shape index (κ2) is 8.78. The molecule has 0 spiro atoms. The summed E-state index contributed by atoms with van der Waals surface area (Å²) in [5.41, 5.74) is 3.25. The van der Waals surface area contributed by atoms with Crippen LogP contribution < -0.4 is 10.6 Å². The largest absolute Gasteiger partial charge is 0.416 e. The number of pyridine rings is 1. The molecule has 6 nitrogen and oxygen atoms in total. The highest BCUT2D eigenvalue weighted by molar-refractivity contribution is 6.00. The van der Waals surface area contributed by atoms with Gasteiger partial charge in [0.1, 0.15) is 0 Å². The van der Waals surface area contributed by atoms with Gasteiger partial charge in [0.25, 0.3) is 0 Å². The molecule has 2 aromatic heterocycles. The molecule has 33 heavy (non-hydrogen) atoms. The number of halogens is 3. The molecule has 2 heterocycles. The maximum Gasteiger partial charge on any atom is 0.416 e. The van der Waals surface area contributed by atoms with Crippen LogP contribution >= 0.6 is 0 Å². The van der Waals surface area contributed by atoms with Crippen molar-refractivity contribution in [3.05, 3.63) is 84.8 Å². The van der Waals surface area contributed by atoms with Crippen LogP contribution in [-0.2, 0) is 12.7 Å². The molecule has 0 radical (unpaired) electrons. The van der Waals surface area contributed by atoms with E-state index in [2.05, 4.69) is 27.3 Å². The Labute approximate surface area is 187 Å². The minimum Gasteiger partial charge on any atom is -0.308 e. The molecule has 4 aromatic rings. The molecule has 0 unspecified atom stereocenters. The fourth-order valence-electron chi connectivity index (χ4n) is 3.59. The smallest absolute Gasteiger partial charge is 0.308 e. The number of alkyl halides is 3. The highest BCUT2D eigenvalue weighted by Gasteiger charge is 2.30. The minimum atomic E-state index is -4.48. The Kier molecular flexibility index (Phi) is 5.87. The number of carbonyl (C=O) groups is 1. The van der Waals surface area contributed by atoms with Gasteiger partial charge in [0.15, 0.2) is 0 Å². The van der Waals surface area contributed by atoms with Crippen LogP contribution in [0.2, 0.25) is 0 Å². The van der Waals surface area contributed by atoms with Crippen molar-refractivity contribution >= 4 is 28.3 Å². The number of urea groups is 1. The molecule has 0 atom stereocenters. The first-order valence-corrected chi connectivity index (χ1v) is 10.0. The molecule has 2 N–H and O–H groups in total. The van der Waals surface area contributed by atoms with Crippen molar-refractivity contribution in [2.24, 2.45) is 0 Å². The molecular formula is C24H20F3N5O. The maximum absolute atomic E-state index is 12.8. The Morgan fingerprint density at radius 2 is 1.82 bits per heavy atom. The molecule has 4 rings (SSSR count). The zero-order valence-electron chi connectivity index (χ0n) is 17.6. The van der Waals surface area contributed by atoms with Gasteiger partial charge in [0.05, 0.1) is 29.5 Å². The van der Waals surface area contributed by atoms with E-state index in [0.29, 0.717) is 12.2 Å². The number of rotatable bonds is 5. The van der Waals surface area contributed by atoms with E-state index in [1.165, 1.54) is 12.1 Å². The number of allylic oxidation sites excluding steroid dienone is 1. The van der Waals surface area contributed by atoms with E-state index < -0.39 is 17.8 Å². The van der Waals surface area contributed by atoms with Gasteiger partial charge in [-0.25, -0.2) is 4.79 Å². The number of aryl methyl sites for hydroxylation is 1. The summed E-state index contributed by atoms with van der Waals surface area (Å²) in [5, 5.41) is 10.6. The van der Waals surface area contributed by atoms with Crippen molar-refractivity contribution in [2.75, 3.05) is 10.6 Å². The van der Waals surface area contributed by atoms with Crippen molar-refractivity contribution in [1.29, 1.82) is 0 Å². The average molecular weight is 451 g/mol. The van der Waals surface area contributed by atoms with Crippen LogP contribution in [0.3, 0.4) is 0 Å². The summed E-state index contributed by atoms with van der Waals surface area (Å²) in [6.45, 7) is 6.26. The van der Waals surface area contributed by atoms with Gasteiger partial charge in [-0.05, 0) is 42.8 Å². The van der Waals surface area contributed by atoms with Crippen molar-refractivity contribution in [1.82, 2.24) is 14.8 Å². The highest BCUT2D eigenvalue weighted by atomic mass is 19.4. The summed E-state index contributed by atoms with van der Waals surface area (Å²) in [4.78, 5) is 16.6. The predicted molar refractivity (Wildman–Crippen MR) is 122 cm³/mol. The zero-order chi connectivity index (χ0) is 23.6. The quantitative estimate of drug-likeness (QED) is 0.352. The lowest BCUT2D eigenvalue weighted by molar-refractivity contribution is -0.137. The van der Waals surface area contributed by atoms with E-state index in [1.54, 1.807) is 30.6 Å². The van der Waals surface area contributed by atoms with Gasteiger partial charge >= 0.3 is 12.2 Å². The van der Waals surface area contributed by atoms with Gasteiger partial charge in [-0.15, -0.1) is 6.58 Å². The normalized spacial score (nSPS) is 11.4. The minimum absolute atomic E-state index is 0.0451. The van der Waals surface area contributed by atoms with Crippen LogP contribution in [0, 0.1) is 6.92 Å². The molecule has 0 fully saturated rings. The number of anilines is 2. The Balaban J connectivity index is 1.52. The third kappa shape index (κ3) is 4.72. The molecule has 9 heteroatoms. The SMILES string of the molecule is C=CCn1nc(C)c2c(-c3ccc(NC(=O)Nc4cccc(C(F)(F)F)c4)cc3)cncc21. The Hall–Kier alpha value is -4.14. The third-order valence-electron chi connectivity index (χ3n) is 5.04. The molecule has 0 aliphatic heterocycles. The Morgan fingerprint density at radius 3 is 2.52 bits per heavy atom. The van der Waals surface area contributed by atoms with Crippen molar-refractivity contribution < 1.29 is 18.0 Å². The first-order valence-electron chi connectivity index (χ1n) is 10.0. The second-order valence-corrected chi connectivity index (χ2v) is 7.37. The summed E-state index contributed by atoms with van der Waals surface area (Å²) in [7, 11) is 0. The summed E-state index contributed by atoms with van der Waals surface area (Å²) in [6.07, 6.45) is 0.806. The number of nitrogens with one attached hydrogen (secondary N) is 2. The fraction of sp³-hybridized carbons (Fsp3) is 0.125. The first kappa shape index (κ1) is 22.1. The van der Waals surface area contributed by atoms with Crippen LogP contribution in [0.25, 0.3) is 22.0 Å². The Morgan fingerprint density at radius 1 is 1.09 bits per heavy atom. The van der Waals surface area contributed by atoms with Crippen molar-refractivity contribution in [2.45, 2.75) is 19.6 Å². The second-order valence-electron chi connectivity index (χ2n) is 7.37. The lowest BCUT2D eigenvalue weighted by Crippen LogP contribution is -2.19. The standard InChI is InChI=1S/C24H20F3N5O/c1-3-11-32-21-14-28-13-20(22(21)15(2)31-32)16-7-9-18(10-8-16)29-23(33)30-19-6-4-5-17(12-19)24(25,26)27/h3-10,12-14H,1,11H2,2H3,(H2,29,30,33). The molecule has 0 saturated heterocycles. The summed E-state index contributed by atoms with van der Waals surface area (Å²) in [6, 6.07) is 10.9. The summed E-state index contributed by atoms with van der Waals surface area (Å²) in [5.74, 6) is 0. The van der Waals surface area contributed by atoms with Crippen molar-refractivity contribution in [3.63, 3.8) is 0 Å². The number of benzene rings is 2. The number of carbonyl (C=O) groups excluding carboxylic acids is 1. The van der Waals surface area contributed by atoms with Gasteiger partial charge in [-0.3, -0.25) is 9.67 Å². The first-order chi connectivity index (χ1) is 15.8. The lowest BCUT2D eigenvalue weighted by atomic mass is 10.0. The van der Waals surface area contributed by atoms with Crippen molar-refractivity contribution in [3.8, 4) is 11.1 Å². The van der Waals surface area contributed by atoms with E-state index in [1.807, 2.05) is 23.7 Å². The maximum atomic E-state index is 12.8. The molecule has 0 bridgehead atoms. The lowest BCUT2D eigenvalue weighted by Gasteiger charge is -2.11. The molecule has 0 aliphatic carbocycles. The zero-order valence-corrected chi connectivity index (χ0v) is 17.6. The summed E-state index contributed by atoms with van der Waals surface area (Å²) < 4.78 is 40.4. The monoisotopic (exact) mass is 451 g/mol. The molecule has 0 saturated carbocycles. The number of hydrogen-bond acceptors (Lipinski definition) is 3. The third-order valence-corrected chi connectivity index (χ3v) is 5.04. The topological polar surface area (TPSA) is 71.8 Å². The highest BCUT2D eigenvalue weighted by Crippen LogP contribution is 2.32. The average Bonchev–Trinajstić information content (AvgIpc) is 3.10. The van der Waals surface area contributed by atoms with Crippen LogP contribution in [0.5, 0.6) is 0 Å². The summed E-state index contributed by atoms with van der Waals surface area (Å²) >= 11 is 0. The number of nitrogens with zero attached hydrogens (tertiary/aromatic N) is 3. The van der Waals surface area contributed by atoms with E-state index in [9.17, 15) is 18.0 Å². The molecule has 168 valence electrons.